The summed E-state index contributed by atoms with van der Waals surface area (Å²) in [4.78, 5) is 12.1. The molecule has 2 unspecified atom stereocenters. The average Bonchev–Trinajstić information content (AvgIpc) is 2.92. The molecular formula is C16H23BrN2O. The van der Waals surface area contributed by atoms with Crippen LogP contribution in [-0.4, -0.2) is 18.0 Å². The Morgan fingerprint density at radius 1 is 1.20 bits per heavy atom. The van der Waals surface area contributed by atoms with Gasteiger partial charge in [-0.15, -0.1) is 0 Å². The molecule has 1 aromatic carbocycles. The fourth-order valence-corrected chi connectivity index (χ4v) is 2.96. The number of hydrogen-bond acceptors (Lipinski definition) is 2. The van der Waals surface area contributed by atoms with Crippen LogP contribution in [0.4, 0.5) is 0 Å². The van der Waals surface area contributed by atoms with E-state index < -0.39 is 0 Å². The van der Waals surface area contributed by atoms with Gasteiger partial charge in [0, 0.05) is 16.6 Å². The molecule has 2 rings (SSSR count). The van der Waals surface area contributed by atoms with Gasteiger partial charge in [0.2, 0.25) is 5.91 Å². The summed E-state index contributed by atoms with van der Waals surface area (Å²) < 4.78 is 1.07. The van der Waals surface area contributed by atoms with Crippen LogP contribution in [0.15, 0.2) is 28.7 Å². The van der Waals surface area contributed by atoms with Crippen molar-refractivity contribution in [2.24, 2.45) is 0 Å². The van der Waals surface area contributed by atoms with E-state index in [1.807, 2.05) is 19.1 Å². The van der Waals surface area contributed by atoms with Crippen molar-refractivity contribution in [2.75, 3.05) is 0 Å². The minimum Gasteiger partial charge on any atom is -0.352 e. The van der Waals surface area contributed by atoms with Crippen LogP contribution in [-0.2, 0) is 4.79 Å². The van der Waals surface area contributed by atoms with E-state index in [0.29, 0.717) is 6.04 Å². The standard InChI is InChI=1S/C16H23BrN2O/c1-11(13-7-9-14(17)10-8-13)18-12(2)16(20)19-15-5-3-4-6-15/h7-12,15,18H,3-6H2,1-2H3,(H,19,20). The topological polar surface area (TPSA) is 41.1 Å². The van der Waals surface area contributed by atoms with E-state index in [1.165, 1.54) is 18.4 Å². The molecule has 1 aliphatic rings. The first kappa shape index (κ1) is 15.5. The smallest absolute Gasteiger partial charge is 0.237 e. The first-order valence-corrected chi connectivity index (χ1v) is 8.17. The summed E-state index contributed by atoms with van der Waals surface area (Å²) >= 11 is 3.43. The van der Waals surface area contributed by atoms with Gasteiger partial charge in [-0.1, -0.05) is 40.9 Å². The molecule has 1 saturated carbocycles. The second-order valence-electron chi connectivity index (χ2n) is 5.65. The number of benzene rings is 1. The monoisotopic (exact) mass is 338 g/mol. The third-order valence-electron chi connectivity index (χ3n) is 3.96. The van der Waals surface area contributed by atoms with Crippen LogP contribution < -0.4 is 10.6 Å². The Morgan fingerprint density at radius 3 is 2.40 bits per heavy atom. The lowest BCUT2D eigenvalue weighted by Gasteiger charge is -2.22. The van der Waals surface area contributed by atoms with Crippen molar-refractivity contribution in [2.45, 2.75) is 57.7 Å². The first-order chi connectivity index (χ1) is 9.56. The zero-order chi connectivity index (χ0) is 14.5. The number of amides is 1. The Balaban J connectivity index is 1.84. The van der Waals surface area contributed by atoms with Gasteiger partial charge in [-0.25, -0.2) is 0 Å². The highest BCUT2D eigenvalue weighted by Crippen LogP contribution is 2.19. The minimum absolute atomic E-state index is 0.112. The van der Waals surface area contributed by atoms with E-state index in [9.17, 15) is 4.79 Å². The number of halogens is 1. The SMILES string of the molecule is CC(NC(C)c1ccc(Br)cc1)C(=O)NC1CCCC1. The predicted molar refractivity (Wildman–Crippen MR) is 85.6 cm³/mol. The van der Waals surface area contributed by atoms with Gasteiger partial charge in [-0.2, -0.15) is 0 Å². The molecule has 2 atom stereocenters. The fraction of sp³-hybridized carbons (Fsp3) is 0.562. The Kier molecular flexibility index (Phi) is 5.61. The molecule has 2 N–H and O–H groups in total. The van der Waals surface area contributed by atoms with Crippen LogP contribution in [0.3, 0.4) is 0 Å². The lowest BCUT2D eigenvalue weighted by Crippen LogP contribution is -2.46. The highest BCUT2D eigenvalue weighted by molar-refractivity contribution is 9.10. The normalized spacial score (nSPS) is 18.8. The average molecular weight is 339 g/mol. The Hall–Kier alpha value is -0.870. The van der Waals surface area contributed by atoms with Gasteiger partial charge in [0.15, 0.2) is 0 Å². The quantitative estimate of drug-likeness (QED) is 0.861. The van der Waals surface area contributed by atoms with Gasteiger partial charge in [-0.05, 0) is 44.4 Å². The summed E-state index contributed by atoms with van der Waals surface area (Å²) in [6.45, 7) is 4.02. The number of carbonyl (C=O) groups excluding carboxylic acids is 1. The number of rotatable bonds is 5. The zero-order valence-corrected chi connectivity index (χ0v) is 13.7. The largest absolute Gasteiger partial charge is 0.352 e. The number of hydrogen-bond donors (Lipinski definition) is 2. The molecular weight excluding hydrogens is 316 g/mol. The molecule has 1 aliphatic carbocycles. The maximum absolute atomic E-state index is 12.1. The van der Waals surface area contributed by atoms with Crippen LogP contribution in [0.1, 0.15) is 51.1 Å². The molecule has 1 aromatic rings. The van der Waals surface area contributed by atoms with Crippen molar-refractivity contribution in [1.82, 2.24) is 10.6 Å². The Labute approximate surface area is 129 Å². The van der Waals surface area contributed by atoms with E-state index in [2.05, 4.69) is 45.6 Å². The minimum atomic E-state index is -0.172. The van der Waals surface area contributed by atoms with Crippen LogP contribution in [0.25, 0.3) is 0 Å². The van der Waals surface area contributed by atoms with E-state index in [0.717, 1.165) is 17.3 Å². The van der Waals surface area contributed by atoms with Crippen molar-refractivity contribution in [1.29, 1.82) is 0 Å². The second-order valence-corrected chi connectivity index (χ2v) is 6.57. The van der Waals surface area contributed by atoms with Gasteiger partial charge < -0.3 is 5.32 Å². The Morgan fingerprint density at radius 2 is 1.80 bits per heavy atom. The lowest BCUT2D eigenvalue weighted by atomic mass is 10.1. The molecule has 1 fully saturated rings. The van der Waals surface area contributed by atoms with Crippen LogP contribution in [0.5, 0.6) is 0 Å². The van der Waals surface area contributed by atoms with E-state index >= 15 is 0 Å². The van der Waals surface area contributed by atoms with Crippen LogP contribution in [0, 0.1) is 0 Å². The molecule has 0 aliphatic heterocycles. The molecule has 4 heteroatoms. The van der Waals surface area contributed by atoms with E-state index in [4.69, 9.17) is 0 Å². The maximum Gasteiger partial charge on any atom is 0.237 e. The lowest BCUT2D eigenvalue weighted by molar-refractivity contribution is -0.123. The molecule has 1 amide bonds. The second kappa shape index (κ2) is 7.23. The van der Waals surface area contributed by atoms with Crippen molar-refractivity contribution in [3.05, 3.63) is 34.3 Å². The van der Waals surface area contributed by atoms with Gasteiger partial charge in [0.1, 0.15) is 0 Å². The van der Waals surface area contributed by atoms with Crippen molar-refractivity contribution < 1.29 is 4.79 Å². The molecule has 20 heavy (non-hydrogen) atoms. The molecule has 0 saturated heterocycles. The van der Waals surface area contributed by atoms with Gasteiger partial charge >= 0.3 is 0 Å². The van der Waals surface area contributed by atoms with Crippen molar-refractivity contribution >= 4 is 21.8 Å². The highest BCUT2D eigenvalue weighted by Gasteiger charge is 2.21. The third-order valence-corrected chi connectivity index (χ3v) is 4.49. The molecule has 0 radical (unpaired) electrons. The Bertz CT molecular complexity index is 440. The van der Waals surface area contributed by atoms with Crippen molar-refractivity contribution in [3.8, 4) is 0 Å². The third kappa shape index (κ3) is 4.32. The summed E-state index contributed by atoms with van der Waals surface area (Å²) in [6, 6.07) is 8.57. The predicted octanol–water partition coefficient (Wildman–Crippen LogP) is 3.55. The molecule has 3 nitrogen and oxygen atoms in total. The van der Waals surface area contributed by atoms with Crippen molar-refractivity contribution in [3.63, 3.8) is 0 Å². The molecule has 0 aromatic heterocycles. The molecule has 0 spiro atoms. The molecule has 0 bridgehead atoms. The summed E-state index contributed by atoms with van der Waals surface area (Å²) in [6.07, 6.45) is 4.73. The number of carbonyl (C=O) groups is 1. The van der Waals surface area contributed by atoms with E-state index in [1.54, 1.807) is 0 Å². The fourth-order valence-electron chi connectivity index (χ4n) is 2.69. The molecule has 0 heterocycles. The first-order valence-electron chi connectivity index (χ1n) is 7.38. The molecule has 110 valence electrons. The highest BCUT2D eigenvalue weighted by atomic mass is 79.9. The summed E-state index contributed by atoms with van der Waals surface area (Å²) in [5.41, 5.74) is 1.19. The maximum atomic E-state index is 12.1. The summed E-state index contributed by atoms with van der Waals surface area (Å²) in [5.74, 6) is 0.112. The van der Waals surface area contributed by atoms with Gasteiger partial charge in [0.25, 0.3) is 0 Å². The van der Waals surface area contributed by atoms with Gasteiger partial charge in [-0.3, -0.25) is 10.1 Å². The zero-order valence-electron chi connectivity index (χ0n) is 12.2. The summed E-state index contributed by atoms with van der Waals surface area (Å²) in [5, 5.41) is 6.50. The van der Waals surface area contributed by atoms with E-state index in [-0.39, 0.29) is 18.0 Å². The van der Waals surface area contributed by atoms with Gasteiger partial charge in [0.05, 0.1) is 6.04 Å². The number of nitrogens with one attached hydrogen (secondary N) is 2. The van der Waals surface area contributed by atoms with Crippen LogP contribution >= 0.6 is 15.9 Å². The summed E-state index contributed by atoms with van der Waals surface area (Å²) in [7, 11) is 0. The van der Waals surface area contributed by atoms with Crippen LogP contribution in [0.2, 0.25) is 0 Å².